The van der Waals surface area contributed by atoms with Crippen LogP contribution in [0.25, 0.3) is 0 Å². The molecular weight excluding hydrogens is 176 g/mol. The number of carbonyl (C=O) groups excluding carboxylic acids is 1. The molecule has 0 aliphatic carbocycles. The van der Waals surface area contributed by atoms with Crippen LogP contribution in [0.1, 0.15) is 52.9 Å². The molecule has 0 aromatic heterocycles. The molecule has 0 aromatic carbocycles. The standard InChI is InChI=1S/C11H24N2O/c1-4-7-8-9-12-11(14)13-10(5-2)6-3/h10H,4-9H2,1-3H3,(H2,12,13,14). The van der Waals surface area contributed by atoms with E-state index < -0.39 is 0 Å². The summed E-state index contributed by atoms with van der Waals surface area (Å²) in [5.74, 6) is 0. The fourth-order valence-electron chi connectivity index (χ4n) is 1.31. The smallest absolute Gasteiger partial charge is 0.315 e. The molecule has 0 aliphatic rings. The second-order valence-electron chi connectivity index (χ2n) is 3.62. The Morgan fingerprint density at radius 2 is 1.79 bits per heavy atom. The van der Waals surface area contributed by atoms with Gasteiger partial charge in [-0.1, -0.05) is 33.6 Å². The Labute approximate surface area is 87.6 Å². The molecule has 0 aliphatic heterocycles. The molecule has 0 radical (unpaired) electrons. The highest BCUT2D eigenvalue weighted by molar-refractivity contribution is 5.74. The molecule has 0 rings (SSSR count). The summed E-state index contributed by atoms with van der Waals surface area (Å²) in [5, 5.41) is 5.81. The van der Waals surface area contributed by atoms with Gasteiger partial charge < -0.3 is 10.6 Å². The van der Waals surface area contributed by atoms with Crippen LogP contribution in [0.15, 0.2) is 0 Å². The fraction of sp³-hybridized carbons (Fsp3) is 0.909. The van der Waals surface area contributed by atoms with E-state index in [0.29, 0.717) is 6.04 Å². The van der Waals surface area contributed by atoms with Crippen LogP contribution >= 0.6 is 0 Å². The van der Waals surface area contributed by atoms with Crippen molar-refractivity contribution in [2.45, 2.75) is 58.9 Å². The zero-order valence-corrected chi connectivity index (χ0v) is 9.73. The van der Waals surface area contributed by atoms with E-state index in [1.54, 1.807) is 0 Å². The second-order valence-corrected chi connectivity index (χ2v) is 3.62. The van der Waals surface area contributed by atoms with Gasteiger partial charge in [0.1, 0.15) is 0 Å². The Bertz CT molecular complexity index is 144. The van der Waals surface area contributed by atoms with Crippen molar-refractivity contribution in [3.8, 4) is 0 Å². The van der Waals surface area contributed by atoms with E-state index in [4.69, 9.17) is 0 Å². The Kier molecular flexibility index (Phi) is 8.39. The number of unbranched alkanes of at least 4 members (excludes halogenated alkanes) is 2. The predicted molar refractivity (Wildman–Crippen MR) is 60.4 cm³/mol. The van der Waals surface area contributed by atoms with Gasteiger partial charge in [0.25, 0.3) is 0 Å². The third-order valence-electron chi connectivity index (χ3n) is 2.39. The van der Waals surface area contributed by atoms with Gasteiger partial charge in [0, 0.05) is 12.6 Å². The monoisotopic (exact) mass is 200 g/mol. The third kappa shape index (κ3) is 6.75. The quantitative estimate of drug-likeness (QED) is 0.609. The van der Waals surface area contributed by atoms with Crippen molar-refractivity contribution < 1.29 is 4.79 Å². The molecule has 0 spiro atoms. The van der Waals surface area contributed by atoms with Gasteiger partial charge >= 0.3 is 6.03 Å². The summed E-state index contributed by atoms with van der Waals surface area (Å²) < 4.78 is 0. The molecule has 0 fully saturated rings. The van der Waals surface area contributed by atoms with Gasteiger partial charge in [-0.2, -0.15) is 0 Å². The molecule has 14 heavy (non-hydrogen) atoms. The van der Waals surface area contributed by atoms with Crippen LogP contribution < -0.4 is 10.6 Å². The summed E-state index contributed by atoms with van der Waals surface area (Å²) in [6.45, 7) is 7.13. The number of rotatable bonds is 7. The molecule has 84 valence electrons. The fourth-order valence-corrected chi connectivity index (χ4v) is 1.31. The number of amides is 2. The normalized spacial score (nSPS) is 10.3. The van der Waals surface area contributed by atoms with Crippen molar-refractivity contribution in [3.63, 3.8) is 0 Å². The highest BCUT2D eigenvalue weighted by Gasteiger charge is 2.06. The van der Waals surface area contributed by atoms with E-state index in [0.717, 1.165) is 25.8 Å². The van der Waals surface area contributed by atoms with E-state index in [9.17, 15) is 4.79 Å². The molecule has 0 saturated heterocycles. The van der Waals surface area contributed by atoms with Gasteiger partial charge in [-0.05, 0) is 19.3 Å². The van der Waals surface area contributed by atoms with Crippen molar-refractivity contribution >= 4 is 6.03 Å². The summed E-state index contributed by atoms with van der Waals surface area (Å²) in [6.07, 6.45) is 5.45. The van der Waals surface area contributed by atoms with Crippen LogP contribution in [-0.4, -0.2) is 18.6 Å². The van der Waals surface area contributed by atoms with Crippen LogP contribution in [0.5, 0.6) is 0 Å². The van der Waals surface area contributed by atoms with Gasteiger partial charge in [0.05, 0.1) is 0 Å². The first-order chi connectivity index (χ1) is 6.74. The molecule has 0 saturated carbocycles. The minimum atomic E-state index is -0.0187. The molecule has 0 atom stereocenters. The lowest BCUT2D eigenvalue weighted by molar-refractivity contribution is 0.236. The summed E-state index contributed by atoms with van der Waals surface area (Å²) in [6, 6.07) is 0.302. The first kappa shape index (κ1) is 13.3. The van der Waals surface area contributed by atoms with Gasteiger partial charge in [0.2, 0.25) is 0 Å². The molecule has 0 aromatic rings. The van der Waals surface area contributed by atoms with Crippen LogP contribution in [0.2, 0.25) is 0 Å². The van der Waals surface area contributed by atoms with E-state index in [2.05, 4.69) is 31.4 Å². The molecule has 2 N–H and O–H groups in total. The van der Waals surface area contributed by atoms with Crippen molar-refractivity contribution in [2.24, 2.45) is 0 Å². The maximum absolute atomic E-state index is 11.3. The van der Waals surface area contributed by atoms with E-state index in [1.165, 1.54) is 12.8 Å². The first-order valence-electron chi connectivity index (χ1n) is 5.78. The van der Waals surface area contributed by atoms with Gasteiger partial charge in [-0.15, -0.1) is 0 Å². The SMILES string of the molecule is CCCCCNC(=O)NC(CC)CC. The van der Waals surface area contributed by atoms with Crippen molar-refractivity contribution in [3.05, 3.63) is 0 Å². The van der Waals surface area contributed by atoms with Crippen molar-refractivity contribution in [1.29, 1.82) is 0 Å². The molecule has 0 unspecified atom stereocenters. The molecule has 2 amide bonds. The third-order valence-corrected chi connectivity index (χ3v) is 2.39. The summed E-state index contributed by atoms with van der Waals surface area (Å²) in [4.78, 5) is 11.3. The summed E-state index contributed by atoms with van der Waals surface area (Å²) in [7, 11) is 0. The van der Waals surface area contributed by atoms with E-state index >= 15 is 0 Å². The first-order valence-corrected chi connectivity index (χ1v) is 5.78. The zero-order valence-electron chi connectivity index (χ0n) is 9.73. The lowest BCUT2D eigenvalue weighted by Gasteiger charge is -2.15. The van der Waals surface area contributed by atoms with Crippen LogP contribution in [0, 0.1) is 0 Å². The number of hydrogen-bond acceptors (Lipinski definition) is 1. The maximum atomic E-state index is 11.3. The largest absolute Gasteiger partial charge is 0.338 e. The second kappa shape index (κ2) is 8.85. The Balaban J connectivity index is 3.44. The summed E-state index contributed by atoms with van der Waals surface area (Å²) >= 11 is 0. The van der Waals surface area contributed by atoms with Crippen LogP contribution in [0.4, 0.5) is 4.79 Å². The number of nitrogens with one attached hydrogen (secondary N) is 2. The molecule has 3 nitrogen and oxygen atoms in total. The van der Waals surface area contributed by atoms with Crippen molar-refractivity contribution in [1.82, 2.24) is 10.6 Å². The maximum Gasteiger partial charge on any atom is 0.315 e. The molecule has 0 bridgehead atoms. The van der Waals surface area contributed by atoms with Crippen LogP contribution in [0.3, 0.4) is 0 Å². The lowest BCUT2D eigenvalue weighted by atomic mass is 10.2. The average Bonchev–Trinajstić information content (AvgIpc) is 2.21. The van der Waals surface area contributed by atoms with E-state index in [1.807, 2.05) is 0 Å². The highest BCUT2D eigenvalue weighted by Crippen LogP contribution is 1.95. The number of carbonyl (C=O) groups is 1. The molecular formula is C11H24N2O. The van der Waals surface area contributed by atoms with Crippen molar-refractivity contribution in [2.75, 3.05) is 6.54 Å². The Morgan fingerprint density at radius 1 is 1.14 bits per heavy atom. The van der Waals surface area contributed by atoms with Gasteiger partial charge in [-0.25, -0.2) is 4.79 Å². The number of hydrogen-bond donors (Lipinski definition) is 2. The molecule has 0 heterocycles. The minimum Gasteiger partial charge on any atom is -0.338 e. The van der Waals surface area contributed by atoms with Gasteiger partial charge in [-0.3, -0.25) is 0 Å². The topological polar surface area (TPSA) is 41.1 Å². The predicted octanol–water partition coefficient (Wildman–Crippen LogP) is 2.66. The Morgan fingerprint density at radius 3 is 2.29 bits per heavy atom. The van der Waals surface area contributed by atoms with Gasteiger partial charge in [0.15, 0.2) is 0 Å². The summed E-state index contributed by atoms with van der Waals surface area (Å²) in [5.41, 5.74) is 0. The number of urea groups is 1. The lowest BCUT2D eigenvalue weighted by Crippen LogP contribution is -2.41. The highest BCUT2D eigenvalue weighted by atomic mass is 16.2. The average molecular weight is 200 g/mol. The molecule has 3 heteroatoms. The van der Waals surface area contributed by atoms with E-state index in [-0.39, 0.29) is 6.03 Å². The van der Waals surface area contributed by atoms with Crippen LogP contribution in [-0.2, 0) is 0 Å². The Hall–Kier alpha value is -0.730. The minimum absolute atomic E-state index is 0.0187. The zero-order chi connectivity index (χ0) is 10.8.